The number of amides is 2. The van der Waals surface area contributed by atoms with E-state index in [1.54, 1.807) is 0 Å². The van der Waals surface area contributed by atoms with Gasteiger partial charge in [-0.15, -0.1) is 0 Å². The highest BCUT2D eigenvalue weighted by atomic mass is 16.5. The fourth-order valence-electron chi connectivity index (χ4n) is 4.47. The number of nitrogens with zero attached hydrogens (tertiary/aromatic N) is 2. The van der Waals surface area contributed by atoms with Gasteiger partial charge in [-0.1, -0.05) is 0 Å². The number of carbonyl (C=O) groups is 3. The summed E-state index contributed by atoms with van der Waals surface area (Å²) in [5.41, 5.74) is 0.940. The van der Waals surface area contributed by atoms with Gasteiger partial charge in [0.1, 0.15) is 12.0 Å². The van der Waals surface area contributed by atoms with Crippen molar-refractivity contribution >= 4 is 17.6 Å². The zero-order valence-corrected chi connectivity index (χ0v) is 16.3. The smallest absolute Gasteiger partial charge is 0.257 e. The molecule has 0 radical (unpaired) electrons. The molecular weight excluding hydrogens is 360 g/mol. The second kappa shape index (κ2) is 8.47. The van der Waals surface area contributed by atoms with Crippen LogP contribution < -0.4 is 0 Å². The lowest BCUT2D eigenvalue weighted by molar-refractivity contribution is -0.135. The number of rotatable bonds is 4. The predicted molar refractivity (Wildman–Crippen MR) is 101 cm³/mol. The molecule has 1 aromatic heterocycles. The number of Topliss-reactive ketones (excluding diaryl/α,β-unsaturated/α-hetero) is 1. The first-order valence-electron chi connectivity index (χ1n) is 10.4. The van der Waals surface area contributed by atoms with Crippen LogP contribution in [0.1, 0.15) is 65.0 Å². The molecule has 7 nitrogen and oxygen atoms in total. The van der Waals surface area contributed by atoms with Crippen molar-refractivity contribution in [3.63, 3.8) is 0 Å². The molecule has 28 heavy (non-hydrogen) atoms. The van der Waals surface area contributed by atoms with Gasteiger partial charge in [-0.25, -0.2) is 0 Å². The number of hydrogen-bond acceptors (Lipinski definition) is 5. The Kier molecular flexibility index (Phi) is 5.80. The lowest BCUT2D eigenvalue weighted by Gasteiger charge is -2.32. The van der Waals surface area contributed by atoms with Crippen molar-refractivity contribution in [2.75, 3.05) is 39.4 Å². The molecule has 2 amide bonds. The van der Waals surface area contributed by atoms with Crippen LogP contribution in [-0.4, -0.2) is 66.8 Å². The summed E-state index contributed by atoms with van der Waals surface area (Å²) in [5.74, 6) is 1.27. The summed E-state index contributed by atoms with van der Waals surface area (Å²) in [5, 5.41) is 0. The van der Waals surface area contributed by atoms with Gasteiger partial charge in [0.15, 0.2) is 5.78 Å². The minimum absolute atomic E-state index is 0.0230. The van der Waals surface area contributed by atoms with Gasteiger partial charge < -0.3 is 19.0 Å². The Morgan fingerprint density at radius 2 is 1.79 bits per heavy atom. The minimum Gasteiger partial charge on any atom is -0.468 e. The third-order valence-corrected chi connectivity index (χ3v) is 6.22. The molecule has 3 aliphatic rings. The summed E-state index contributed by atoms with van der Waals surface area (Å²) >= 11 is 0. The van der Waals surface area contributed by atoms with E-state index in [-0.39, 0.29) is 17.6 Å². The van der Waals surface area contributed by atoms with E-state index in [1.165, 1.54) is 6.26 Å². The van der Waals surface area contributed by atoms with Crippen LogP contribution in [0.3, 0.4) is 0 Å². The Balaban J connectivity index is 1.27. The summed E-state index contributed by atoms with van der Waals surface area (Å²) < 4.78 is 10.8. The molecule has 4 rings (SSSR count). The number of hydrogen-bond donors (Lipinski definition) is 0. The van der Waals surface area contributed by atoms with Gasteiger partial charge in [0.25, 0.3) is 5.91 Å². The Morgan fingerprint density at radius 1 is 1.04 bits per heavy atom. The molecule has 7 heteroatoms. The SMILES string of the molecule is O=C1CCCc2occ(C(=O)N3CCC(CCC(=O)N4CCOCC4)CC3)c21. The maximum Gasteiger partial charge on any atom is 0.257 e. The van der Waals surface area contributed by atoms with E-state index >= 15 is 0 Å². The molecule has 0 aromatic carbocycles. The first kappa shape index (κ1) is 19.2. The zero-order valence-electron chi connectivity index (χ0n) is 16.3. The lowest BCUT2D eigenvalue weighted by atomic mass is 9.90. The van der Waals surface area contributed by atoms with Crippen molar-refractivity contribution in [3.05, 3.63) is 23.2 Å². The average Bonchev–Trinajstić information content (AvgIpc) is 3.18. The van der Waals surface area contributed by atoms with Crippen LogP contribution in [0.4, 0.5) is 0 Å². The molecule has 0 saturated carbocycles. The lowest BCUT2D eigenvalue weighted by Crippen LogP contribution is -2.41. The summed E-state index contributed by atoms with van der Waals surface area (Å²) in [4.78, 5) is 41.1. The number of carbonyl (C=O) groups excluding carboxylic acids is 3. The van der Waals surface area contributed by atoms with Gasteiger partial charge in [-0.2, -0.15) is 0 Å². The minimum atomic E-state index is -0.0944. The highest BCUT2D eigenvalue weighted by molar-refractivity contribution is 6.09. The van der Waals surface area contributed by atoms with Gasteiger partial charge in [0.05, 0.1) is 24.3 Å². The molecule has 152 valence electrons. The second-order valence-electron chi connectivity index (χ2n) is 7.99. The van der Waals surface area contributed by atoms with Gasteiger partial charge in [-0.05, 0) is 31.6 Å². The maximum atomic E-state index is 12.9. The molecule has 2 fully saturated rings. The van der Waals surface area contributed by atoms with Crippen LogP contribution in [0.25, 0.3) is 0 Å². The molecule has 1 aromatic rings. The number of aryl methyl sites for hydroxylation is 1. The Bertz CT molecular complexity index is 742. The first-order valence-corrected chi connectivity index (χ1v) is 10.4. The number of likely N-dealkylation sites (tertiary alicyclic amines) is 1. The van der Waals surface area contributed by atoms with E-state index in [0.717, 1.165) is 32.1 Å². The molecule has 1 aliphatic carbocycles. The number of fused-ring (bicyclic) bond motifs is 1. The van der Waals surface area contributed by atoms with Crippen molar-refractivity contribution in [1.29, 1.82) is 0 Å². The Morgan fingerprint density at radius 3 is 2.54 bits per heavy atom. The fourth-order valence-corrected chi connectivity index (χ4v) is 4.47. The summed E-state index contributed by atoms with van der Waals surface area (Å²) in [6, 6.07) is 0. The van der Waals surface area contributed by atoms with E-state index in [1.807, 2.05) is 9.80 Å². The van der Waals surface area contributed by atoms with Crippen molar-refractivity contribution in [3.8, 4) is 0 Å². The summed E-state index contributed by atoms with van der Waals surface area (Å²) in [6.07, 6.45) is 6.72. The third-order valence-electron chi connectivity index (χ3n) is 6.22. The molecule has 0 spiro atoms. The quantitative estimate of drug-likeness (QED) is 0.791. The van der Waals surface area contributed by atoms with Crippen LogP contribution in [-0.2, 0) is 16.0 Å². The molecule has 2 aliphatic heterocycles. The predicted octanol–water partition coefficient (Wildman–Crippen LogP) is 2.29. The van der Waals surface area contributed by atoms with Crippen LogP contribution >= 0.6 is 0 Å². The number of furan rings is 1. The molecule has 0 bridgehead atoms. The van der Waals surface area contributed by atoms with Crippen molar-refractivity contribution in [2.45, 2.75) is 44.9 Å². The van der Waals surface area contributed by atoms with E-state index < -0.39 is 0 Å². The highest BCUT2D eigenvalue weighted by Crippen LogP contribution is 2.29. The Hall–Kier alpha value is -2.15. The monoisotopic (exact) mass is 388 g/mol. The number of ether oxygens (including phenoxy) is 1. The van der Waals surface area contributed by atoms with Crippen LogP contribution in [0, 0.1) is 5.92 Å². The number of piperidine rings is 1. The largest absolute Gasteiger partial charge is 0.468 e. The molecular formula is C21H28N2O5. The van der Waals surface area contributed by atoms with E-state index in [9.17, 15) is 14.4 Å². The normalized spacial score (nSPS) is 20.9. The number of morpholine rings is 1. The van der Waals surface area contributed by atoms with Crippen molar-refractivity contribution in [1.82, 2.24) is 9.80 Å². The van der Waals surface area contributed by atoms with Gasteiger partial charge in [-0.3, -0.25) is 14.4 Å². The van der Waals surface area contributed by atoms with Gasteiger partial charge in [0, 0.05) is 45.4 Å². The molecule has 0 unspecified atom stereocenters. The maximum absolute atomic E-state index is 12.9. The van der Waals surface area contributed by atoms with E-state index in [2.05, 4.69) is 0 Å². The first-order chi connectivity index (χ1) is 13.6. The Labute approximate surface area is 165 Å². The molecule has 2 saturated heterocycles. The van der Waals surface area contributed by atoms with Crippen LogP contribution in [0.15, 0.2) is 10.7 Å². The van der Waals surface area contributed by atoms with E-state index in [0.29, 0.717) is 75.0 Å². The van der Waals surface area contributed by atoms with Crippen LogP contribution in [0.2, 0.25) is 0 Å². The summed E-state index contributed by atoms with van der Waals surface area (Å²) in [6.45, 7) is 3.99. The van der Waals surface area contributed by atoms with Gasteiger partial charge >= 0.3 is 0 Å². The molecule has 0 atom stereocenters. The average molecular weight is 388 g/mol. The van der Waals surface area contributed by atoms with Gasteiger partial charge in [0.2, 0.25) is 5.91 Å². The third kappa shape index (κ3) is 3.99. The molecule has 3 heterocycles. The van der Waals surface area contributed by atoms with Crippen molar-refractivity contribution in [2.24, 2.45) is 5.92 Å². The standard InChI is InChI=1S/C21H28N2O5/c24-17-2-1-3-18-20(17)16(14-28-18)21(26)23-8-6-15(7-9-23)4-5-19(25)22-10-12-27-13-11-22/h14-15H,1-13H2. The second-order valence-corrected chi connectivity index (χ2v) is 7.99. The fraction of sp³-hybridized carbons (Fsp3) is 0.667. The van der Waals surface area contributed by atoms with Crippen molar-refractivity contribution < 1.29 is 23.5 Å². The topological polar surface area (TPSA) is 80.1 Å². The van der Waals surface area contributed by atoms with E-state index in [4.69, 9.17) is 9.15 Å². The zero-order chi connectivity index (χ0) is 19.5. The number of ketones is 1. The highest BCUT2D eigenvalue weighted by Gasteiger charge is 2.32. The summed E-state index contributed by atoms with van der Waals surface area (Å²) in [7, 11) is 0. The van der Waals surface area contributed by atoms with Crippen LogP contribution in [0.5, 0.6) is 0 Å². The molecule has 0 N–H and O–H groups in total.